The largest absolute Gasteiger partial charge is 0.317 e. The fraction of sp³-hybridized carbons (Fsp3) is 0.318. The Labute approximate surface area is 194 Å². The van der Waals surface area contributed by atoms with E-state index in [4.69, 9.17) is 0 Å². The number of sulfonamides is 1. The third-order valence-corrected chi connectivity index (χ3v) is 8.70. The first-order valence-corrected chi connectivity index (χ1v) is 12.6. The fourth-order valence-electron chi connectivity index (χ4n) is 3.73. The molecule has 1 saturated heterocycles. The number of aryl methyl sites for hydroxylation is 2. The highest BCUT2D eigenvalue weighted by Gasteiger charge is 2.32. The van der Waals surface area contributed by atoms with E-state index in [1.54, 1.807) is 19.1 Å². The molecular weight excluding hydrogens is 470 g/mol. The standard InChI is InChI=1S/C22H22F2N4O3S2/c1-13-3-4-14(2)19(11-13)33(30,31)28-9-7-15(8-10-28)21-26-27-22(32-21)20(29)25-18-6-5-16(23)12-17(18)24/h3-6,11-12,15H,7-10H2,1-2H3,(H,25,29). The van der Waals surface area contributed by atoms with Crippen LogP contribution in [-0.2, 0) is 10.0 Å². The molecule has 1 aliphatic heterocycles. The van der Waals surface area contributed by atoms with Crippen molar-refractivity contribution < 1.29 is 22.0 Å². The number of aromatic nitrogens is 2. The van der Waals surface area contributed by atoms with Crippen molar-refractivity contribution >= 4 is 33.0 Å². The Kier molecular flexibility index (Phi) is 6.55. The molecule has 2 heterocycles. The lowest BCUT2D eigenvalue weighted by atomic mass is 9.99. The molecule has 1 aromatic heterocycles. The van der Waals surface area contributed by atoms with Crippen molar-refractivity contribution in [1.82, 2.24) is 14.5 Å². The average Bonchev–Trinajstić information content (AvgIpc) is 3.28. The summed E-state index contributed by atoms with van der Waals surface area (Å²) in [7, 11) is -3.60. The summed E-state index contributed by atoms with van der Waals surface area (Å²) in [5.41, 5.74) is 1.44. The predicted octanol–water partition coefficient (Wildman–Crippen LogP) is 4.25. The van der Waals surface area contributed by atoms with Crippen molar-refractivity contribution in [3.8, 4) is 0 Å². The second-order valence-corrected chi connectivity index (χ2v) is 10.9. The van der Waals surface area contributed by atoms with Crippen molar-refractivity contribution in [2.45, 2.75) is 37.5 Å². The first kappa shape index (κ1) is 23.4. The predicted molar refractivity (Wildman–Crippen MR) is 121 cm³/mol. The molecule has 7 nitrogen and oxygen atoms in total. The maximum Gasteiger partial charge on any atom is 0.286 e. The van der Waals surface area contributed by atoms with Crippen LogP contribution in [-0.4, -0.2) is 41.9 Å². The minimum absolute atomic E-state index is 0.0309. The van der Waals surface area contributed by atoms with Crippen LogP contribution < -0.4 is 5.32 Å². The van der Waals surface area contributed by atoms with Crippen molar-refractivity contribution in [1.29, 1.82) is 0 Å². The molecule has 0 unspecified atom stereocenters. The van der Waals surface area contributed by atoms with Gasteiger partial charge in [0, 0.05) is 25.1 Å². The molecule has 0 aliphatic carbocycles. The van der Waals surface area contributed by atoms with Crippen LogP contribution in [0, 0.1) is 25.5 Å². The molecule has 11 heteroatoms. The Morgan fingerprint density at radius 3 is 2.52 bits per heavy atom. The molecule has 1 aliphatic rings. The summed E-state index contributed by atoms with van der Waals surface area (Å²) < 4.78 is 54.5. The maximum atomic E-state index is 13.8. The quantitative estimate of drug-likeness (QED) is 0.575. The monoisotopic (exact) mass is 492 g/mol. The van der Waals surface area contributed by atoms with E-state index in [2.05, 4.69) is 15.5 Å². The Hall–Kier alpha value is -2.76. The molecule has 0 saturated carbocycles. The van der Waals surface area contributed by atoms with Gasteiger partial charge in [-0.15, -0.1) is 10.2 Å². The van der Waals surface area contributed by atoms with Gasteiger partial charge in [0.25, 0.3) is 5.91 Å². The number of amides is 1. The third kappa shape index (κ3) is 4.94. The number of nitrogens with one attached hydrogen (secondary N) is 1. The van der Waals surface area contributed by atoms with E-state index < -0.39 is 27.6 Å². The second-order valence-electron chi connectivity index (χ2n) is 7.97. The van der Waals surface area contributed by atoms with Crippen LogP contribution in [0.5, 0.6) is 0 Å². The molecule has 0 spiro atoms. The van der Waals surface area contributed by atoms with E-state index in [1.165, 1.54) is 4.31 Å². The molecule has 1 N–H and O–H groups in total. The molecular formula is C22H22F2N4O3S2. The number of carbonyl (C=O) groups is 1. The van der Waals surface area contributed by atoms with Crippen LogP contribution in [0.3, 0.4) is 0 Å². The summed E-state index contributed by atoms with van der Waals surface area (Å²) in [6.45, 7) is 4.31. The van der Waals surface area contributed by atoms with Crippen molar-refractivity contribution in [3.05, 3.63) is 69.2 Å². The Morgan fingerprint density at radius 2 is 1.82 bits per heavy atom. The van der Waals surface area contributed by atoms with Gasteiger partial charge in [0.1, 0.15) is 16.6 Å². The zero-order valence-corrected chi connectivity index (χ0v) is 19.6. The van der Waals surface area contributed by atoms with Crippen LogP contribution in [0.25, 0.3) is 0 Å². The Balaban J connectivity index is 1.41. The lowest BCUT2D eigenvalue weighted by molar-refractivity contribution is 0.102. The summed E-state index contributed by atoms with van der Waals surface area (Å²) in [5, 5.41) is 11.0. The van der Waals surface area contributed by atoms with E-state index in [0.29, 0.717) is 47.5 Å². The van der Waals surface area contributed by atoms with Crippen molar-refractivity contribution in [2.75, 3.05) is 18.4 Å². The minimum Gasteiger partial charge on any atom is -0.317 e. The van der Waals surface area contributed by atoms with Gasteiger partial charge in [0.15, 0.2) is 0 Å². The number of carbonyl (C=O) groups excluding carboxylic acids is 1. The molecule has 1 fully saturated rings. The number of nitrogens with zero attached hydrogens (tertiary/aromatic N) is 3. The van der Waals surface area contributed by atoms with Crippen LogP contribution in [0.2, 0.25) is 0 Å². The Morgan fingerprint density at radius 1 is 1.09 bits per heavy atom. The van der Waals surface area contributed by atoms with Crippen LogP contribution in [0.4, 0.5) is 14.5 Å². The van der Waals surface area contributed by atoms with Crippen molar-refractivity contribution in [3.63, 3.8) is 0 Å². The number of rotatable bonds is 5. The van der Waals surface area contributed by atoms with E-state index in [-0.39, 0.29) is 16.6 Å². The topological polar surface area (TPSA) is 92.3 Å². The van der Waals surface area contributed by atoms with Gasteiger partial charge in [-0.25, -0.2) is 17.2 Å². The van der Waals surface area contributed by atoms with Gasteiger partial charge in [0.05, 0.1) is 10.6 Å². The molecule has 174 valence electrons. The normalized spacial score (nSPS) is 15.5. The van der Waals surface area contributed by atoms with Gasteiger partial charge in [-0.2, -0.15) is 4.31 Å². The van der Waals surface area contributed by atoms with E-state index in [1.807, 2.05) is 13.0 Å². The lowest BCUT2D eigenvalue weighted by Crippen LogP contribution is -2.38. The van der Waals surface area contributed by atoms with E-state index in [9.17, 15) is 22.0 Å². The first-order valence-electron chi connectivity index (χ1n) is 10.3. The summed E-state index contributed by atoms with van der Waals surface area (Å²) in [6.07, 6.45) is 1.10. The number of piperidine rings is 1. The number of halogens is 2. The zero-order chi connectivity index (χ0) is 23.8. The smallest absolute Gasteiger partial charge is 0.286 e. The summed E-state index contributed by atoms with van der Waals surface area (Å²) in [5.74, 6) is -2.30. The minimum atomic E-state index is -3.60. The highest BCUT2D eigenvalue weighted by Crippen LogP contribution is 2.33. The fourth-order valence-corrected chi connectivity index (χ4v) is 6.41. The SMILES string of the molecule is Cc1ccc(C)c(S(=O)(=O)N2CCC(c3nnc(C(=O)Nc4ccc(F)cc4F)s3)CC2)c1. The number of anilines is 1. The number of hydrogen-bond donors (Lipinski definition) is 1. The van der Waals surface area contributed by atoms with Gasteiger partial charge in [0.2, 0.25) is 15.0 Å². The van der Waals surface area contributed by atoms with Gasteiger partial charge >= 0.3 is 0 Å². The molecule has 0 radical (unpaired) electrons. The molecule has 0 bridgehead atoms. The molecule has 1 amide bonds. The molecule has 3 aromatic rings. The summed E-state index contributed by atoms with van der Waals surface area (Å²) in [4.78, 5) is 12.7. The number of hydrogen-bond acceptors (Lipinski definition) is 6. The van der Waals surface area contributed by atoms with Crippen LogP contribution in [0.1, 0.15) is 44.7 Å². The van der Waals surface area contributed by atoms with Gasteiger partial charge in [-0.1, -0.05) is 23.5 Å². The summed E-state index contributed by atoms with van der Waals surface area (Å²) in [6, 6.07) is 8.24. The Bertz CT molecular complexity index is 1300. The zero-order valence-electron chi connectivity index (χ0n) is 18.0. The van der Waals surface area contributed by atoms with Gasteiger partial charge in [-0.05, 0) is 56.0 Å². The van der Waals surface area contributed by atoms with Crippen LogP contribution in [0.15, 0.2) is 41.3 Å². The third-order valence-electron chi connectivity index (χ3n) is 5.58. The first-order chi connectivity index (χ1) is 15.6. The molecule has 4 rings (SSSR count). The van der Waals surface area contributed by atoms with Crippen LogP contribution >= 0.6 is 11.3 Å². The van der Waals surface area contributed by atoms with Gasteiger partial charge < -0.3 is 5.32 Å². The summed E-state index contributed by atoms with van der Waals surface area (Å²) >= 11 is 1.09. The number of benzene rings is 2. The van der Waals surface area contributed by atoms with E-state index in [0.717, 1.165) is 29.0 Å². The molecule has 0 atom stereocenters. The van der Waals surface area contributed by atoms with Crippen molar-refractivity contribution in [2.24, 2.45) is 0 Å². The van der Waals surface area contributed by atoms with Gasteiger partial charge in [-0.3, -0.25) is 4.79 Å². The maximum absolute atomic E-state index is 13.8. The highest BCUT2D eigenvalue weighted by atomic mass is 32.2. The van der Waals surface area contributed by atoms with E-state index >= 15 is 0 Å². The average molecular weight is 493 g/mol. The second kappa shape index (κ2) is 9.24. The molecule has 2 aromatic carbocycles. The molecule has 33 heavy (non-hydrogen) atoms. The highest BCUT2D eigenvalue weighted by molar-refractivity contribution is 7.89. The lowest BCUT2D eigenvalue weighted by Gasteiger charge is -2.30.